The molecule has 0 radical (unpaired) electrons. The molecule has 1 amide bonds. The zero-order valence-electron chi connectivity index (χ0n) is 15.1. The Kier molecular flexibility index (Phi) is 7.01. The Morgan fingerprint density at radius 1 is 1.07 bits per heavy atom. The molecule has 2 rings (SSSR count). The molecule has 0 saturated carbocycles. The molecule has 0 N–H and O–H groups in total. The summed E-state index contributed by atoms with van der Waals surface area (Å²) in [7, 11) is 4.27. The predicted octanol–water partition coefficient (Wildman–Crippen LogP) is 3.31. The lowest BCUT2D eigenvalue weighted by Gasteiger charge is -2.19. The summed E-state index contributed by atoms with van der Waals surface area (Å²) in [5.74, 6) is -1.28. The van der Waals surface area contributed by atoms with Crippen molar-refractivity contribution >= 4 is 23.5 Å². The molecule has 0 atom stereocenters. The van der Waals surface area contributed by atoms with Crippen LogP contribution in [0.2, 0.25) is 5.02 Å². The monoisotopic (exact) mass is 395 g/mol. The second kappa shape index (κ2) is 9.23. The molecule has 0 aliphatic heterocycles. The van der Waals surface area contributed by atoms with E-state index in [-0.39, 0.29) is 34.2 Å². The lowest BCUT2D eigenvalue weighted by molar-refractivity contribution is -0.133. The van der Waals surface area contributed by atoms with Crippen molar-refractivity contribution in [3.8, 4) is 11.5 Å². The Bertz CT molecular complexity index is 800. The Labute approximate surface area is 161 Å². The fourth-order valence-corrected chi connectivity index (χ4v) is 2.59. The van der Waals surface area contributed by atoms with E-state index in [1.54, 1.807) is 18.2 Å². The number of hydrogen-bond donors (Lipinski definition) is 0. The largest absolute Gasteiger partial charge is 0.496 e. The quantitative estimate of drug-likeness (QED) is 0.673. The third-order valence-corrected chi connectivity index (χ3v) is 4.20. The molecular formula is C19H19ClFNO5. The Balaban J connectivity index is 2.04. The molecule has 0 fully saturated rings. The minimum Gasteiger partial charge on any atom is -0.496 e. The van der Waals surface area contributed by atoms with Crippen molar-refractivity contribution < 1.29 is 28.2 Å². The second-order valence-corrected chi connectivity index (χ2v) is 5.97. The first kappa shape index (κ1) is 20.5. The molecule has 27 heavy (non-hydrogen) atoms. The van der Waals surface area contributed by atoms with Crippen molar-refractivity contribution in [1.29, 1.82) is 0 Å². The fourth-order valence-electron chi connectivity index (χ4n) is 2.37. The average Bonchev–Trinajstić information content (AvgIpc) is 2.67. The summed E-state index contributed by atoms with van der Waals surface area (Å²) in [5, 5.41) is 0.213. The van der Waals surface area contributed by atoms with Gasteiger partial charge in [-0.05, 0) is 24.3 Å². The molecule has 0 unspecified atom stereocenters. The molecular weight excluding hydrogens is 377 g/mol. The number of nitrogens with zero attached hydrogens (tertiary/aromatic N) is 1. The van der Waals surface area contributed by atoms with Crippen molar-refractivity contribution in [2.24, 2.45) is 0 Å². The van der Waals surface area contributed by atoms with E-state index < -0.39 is 24.3 Å². The van der Waals surface area contributed by atoms with Crippen LogP contribution in [0.3, 0.4) is 0 Å². The number of rotatable bonds is 7. The van der Waals surface area contributed by atoms with Gasteiger partial charge in [-0.25, -0.2) is 9.18 Å². The summed E-state index contributed by atoms with van der Waals surface area (Å²) in [6.07, 6.45) is 0. The van der Waals surface area contributed by atoms with Crippen LogP contribution in [0, 0.1) is 5.82 Å². The van der Waals surface area contributed by atoms with E-state index in [2.05, 4.69) is 0 Å². The van der Waals surface area contributed by atoms with Crippen LogP contribution >= 0.6 is 11.6 Å². The van der Waals surface area contributed by atoms with Crippen molar-refractivity contribution in [3.63, 3.8) is 0 Å². The summed E-state index contributed by atoms with van der Waals surface area (Å²) in [6.45, 7) is -0.581. The minimum absolute atomic E-state index is 0.0557. The van der Waals surface area contributed by atoms with E-state index in [1.165, 1.54) is 44.4 Å². The molecule has 144 valence electrons. The van der Waals surface area contributed by atoms with Crippen LogP contribution in [-0.2, 0) is 16.1 Å². The lowest BCUT2D eigenvalue weighted by Crippen LogP contribution is -2.31. The second-order valence-electron chi connectivity index (χ2n) is 5.56. The molecule has 0 spiro atoms. The Hall–Kier alpha value is -2.80. The van der Waals surface area contributed by atoms with Crippen molar-refractivity contribution in [1.82, 2.24) is 4.90 Å². The van der Waals surface area contributed by atoms with Gasteiger partial charge in [0.25, 0.3) is 5.91 Å². The third-order valence-electron chi connectivity index (χ3n) is 3.84. The van der Waals surface area contributed by atoms with E-state index in [1.807, 2.05) is 0 Å². The molecule has 0 aromatic heterocycles. The van der Waals surface area contributed by atoms with Crippen LogP contribution in [0.15, 0.2) is 36.4 Å². The van der Waals surface area contributed by atoms with Crippen molar-refractivity contribution in [3.05, 3.63) is 58.4 Å². The van der Waals surface area contributed by atoms with E-state index in [9.17, 15) is 14.0 Å². The van der Waals surface area contributed by atoms with Gasteiger partial charge in [0.1, 0.15) is 22.9 Å². The highest BCUT2D eigenvalue weighted by Crippen LogP contribution is 2.29. The number of carbonyl (C=O) groups excluding carboxylic acids is 2. The number of ether oxygens (including phenoxy) is 3. The van der Waals surface area contributed by atoms with Gasteiger partial charge in [0.2, 0.25) is 0 Å². The maximum absolute atomic E-state index is 13.8. The predicted molar refractivity (Wildman–Crippen MR) is 97.7 cm³/mol. The molecule has 0 heterocycles. The van der Waals surface area contributed by atoms with Gasteiger partial charge in [-0.1, -0.05) is 23.7 Å². The first-order chi connectivity index (χ1) is 12.9. The van der Waals surface area contributed by atoms with Crippen LogP contribution in [0.1, 0.15) is 15.9 Å². The van der Waals surface area contributed by atoms with Crippen molar-refractivity contribution in [2.75, 3.05) is 27.9 Å². The van der Waals surface area contributed by atoms with E-state index in [0.717, 1.165) is 0 Å². The number of benzene rings is 2. The van der Waals surface area contributed by atoms with Gasteiger partial charge < -0.3 is 19.1 Å². The van der Waals surface area contributed by atoms with Gasteiger partial charge in [-0.3, -0.25) is 4.79 Å². The van der Waals surface area contributed by atoms with E-state index in [0.29, 0.717) is 0 Å². The zero-order chi connectivity index (χ0) is 20.0. The summed E-state index contributed by atoms with van der Waals surface area (Å²) >= 11 is 5.96. The lowest BCUT2D eigenvalue weighted by atomic mass is 10.2. The summed E-state index contributed by atoms with van der Waals surface area (Å²) < 4.78 is 29.2. The number of likely N-dealkylation sites (N-methyl/N-ethyl adjacent to an activating group) is 1. The number of methoxy groups -OCH3 is 2. The topological polar surface area (TPSA) is 65.1 Å². The number of amides is 1. The smallest absolute Gasteiger partial charge is 0.346 e. The Morgan fingerprint density at radius 2 is 1.67 bits per heavy atom. The molecule has 2 aromatic rings. The highest BCUT2D eigenvalue weighted by Gasteiger charge is 2.22. The van der Waals surface area contributed by atoms with Gasteiger partial charge >= 0.3 is 5.97 Å². The maximum atomic E-state index is 13.8. The third kappa shape index (κ3) is 4.89. The first-order valence-corrected chi connectivity index (χ1v) is 8.31. The van der Waals surface area contributed by atoms with Crippen LogP contribution < -0.4 is 9.47 Å². The summed E-state index contributed by atoms with van der Waals surface area (Å²) in [6, 6.07) is 9.08. The zero-order valence-corrected chi connectivity index (χ0v) is 15.9. The highest BCUT2D eigenvalue weighted by molar-refractivity contribution is 6.31. The maximum Gasteiger partial charge on any atom is 0.346 e. The fraction of sp³-hybridized carbons (Fsp3) is 0.263. The molecule has 8 heteroatoms. The van der Waals surface area contributed by atoms with Gasteiger partial charge in [-0.2, -0.15) is 0 Å². The van der Waals surface area contributed by atoms with Crippen molar-refractivity contribution in [2.45, 2.75) is 6.54 Å². The molecule has 0 aliphatic rings. The highest BCUT2D eigenvalue weighted by atomic mass is 35.5. The Morgan fingerprint density at radius 3 is 2.22 bits per heavy atom. The number of hydrogen-bond acceptors (Lipinski definition) is 5. The van der Waals surface area contributed by atoms with Gasteiger partial charge in [0.05, 0.1) is 14.2 Å². The van der Waals surface area contributed by atoms with Crippen LogP contribution in [0.4, 0.5) is 4.39 Å². The first-order valence-electron chi connectivity index (χ1n) is 7.94. The molecule has 0 aliphatic carbocycles. The molecule has 6 nitrogen and oxygen atoms in total. The van der Waals surface area contributed by atoms with Gasteiger partial charge in [-0.15, -0.1) is 0 Å². The van der Waals surface area contributed by atoms with Gasteiger partial charge in [0.15, 0.2) is 6.61 Å². The summed E-state index contributed by atoms with van der Waals surface area (Å²) in [4.78, 5) is 25.8. The molecule has 2 aromatic carbocycles. The van der Waals surface area contributed by atoms with E-state index in [4.69, 9.17) is 25.8 Å². The summed E-state index contributed by atoms with van der Waals surface area (Å²) in [5.41, 5.74) is 0.267. The normalized spacial score (nSPS) is 10.3. The average molecular weight is 396 g/mol. The number of carbonyl (C=O) groups is 2. The number of halogens is 2. The van der Waals surface area contributed by atoms with Crippen LogP contribution in [-0.4, -0.2) is 44.7 Å². The molecule has 0 saturated heterocycles. The van der Waals surface area contributed by atoms with Crippen LogP contribution in [0.25, 0.3) is 0 Å². The number of esters is 1. The standard InChI is InChI=1S/C19H19ClFNO5/c1-22(10-12-13(20)6-4-7-14(12)21)17(23)11-27-19(24)18-15(25-2)8-5-9-16(18)26-3/h4-9H,10-11H2,1-3H3. The van der Waals surface area contributed by atoms with E-state index >= 15 is 0 Å². The SMILES string of the molecule is COc1cccc(OC)c1C(=O)OCC(=O)N(C)Cc1c(F)cccc1Cl. The minimum atomic E-state index is -0.769. The molecule has 0 bridgehead atoms. The van der Waals surface area contributed by atoms with Gasteiger partial charge in [0, 0.05) is 24.2 Å². The van der Waals surface area contributed by atoms with Crippen LogP contribution in [0.5, 0.6) is 11.5 Å².